The molecule has 0 unspecified atom stereocenters. The van der Waals surface area contributed by atoms with E-state index in [9.17, 15) is 9.18 Å². The third kappa shape index (κ3) is 3.99. The minimum atomic E-state index is -0.438. The van der Waals surface area contributed by atoms with Crippen molar-refractivity contribution in [2.75, 3.05) is 12.4 Å². The maximum Gasteiger partial charge on any atom is 0.224 e. The number of halogens is 1. The summed E-state index contributed by atoms with van der Waals surface area (Å²) in [5.41, 5.74) is 4.28. The molecule has 4 nitrogen and oxygen atoms in total. The van der Waals surface area contributed by atoms with E-state index in [1.54, 1.807) is 25.3 Å². The van der Waals surface area contributed by atoms with Gasteiger partial charge in [0.25, 0.3) is 0 Å². The van der Waals surface area contributed by atoms with Crippen molar-refractivity contribution in [2.45, 2.75) is 12.8 Å². The summed E-state index contributed by atoms with van der Waals surface area (Å²) in [5.74, 6) is 0.128. The Morgan fingerprint density at radius 1 is 1.00 bits per heavy atom. The zero-order valence-electron chi connectivity index (χ0n) is 16.0. The molecule has 1 aromatic heterocycles. The number of methoxy groups -OCH3 is 1. The Bertz CT molecular complexity index is 1150. The van der Waals surface area contributed by atoms with Gasteiger partial charge in [-0.15, -0.1) is 0 Å². The highest BCUT2D eigenvalue weighted by molar-refractivity contribution is 5.94. The van der Waals surface area contributed by atoms with E-state index in [-0.39, 0.29) is 18.0 Å². The summed E-state index contributed by atoms with van der Waals surface area (Å²) in [6.45, 7) is 0. The lowest BCUT2D eigenvalue weighted by molar-refractivity contribution is -0.116. The second-order valence-corrected chi connectivity index (χ2v) is 6.78. The van der Waals surface area contributed by atoms with Crippen LogP contribution in [0.4, 0.5) is 10.1 Å². The number of fused-ring (bicyclic) bond motifs is 1. The highest BCUT2D eigenvalue weighted by Crippen LogP contribution is 2.32. The van der Waals surface area contributed by atoms with Crippen LogP contribution in [-0.2, 0) is 11.2 Å². The highest BCUT2D eigenvalue weighted by Gasteiger charge is 2.15. The van der Waals surface area contributed by atoms with Crippen LogP contribution in [0.5, 0.6) is 5.75 Å². The molecule has 0 saturated carbocycles. The van der Waals surface area contributed by atoms with Gasteiger partial charge in [0.15, 0.2) is 0 Å². The number of hydrogen-bond donors (Lipinski definition) is 2. The first kappa shape index (κ1) is 18.7. The Morgan fingerprint density at radius 3 is 2.48 bits per heavy atom. The number of para-hydroxylation sites is 2. The molecule has 1 amide bonds. The van der Waals surface area contributed by atoms with Crippen LogP contribution in [-0.4, -0.2) is 18.0 Å². The van der Waals surface area contributed by atoms with E-state index in [0.717, 1.165) is 33.5 Å². The number of aryl methyl sites for hydroxylation is 1. The van der Waals surface area contributed by atoms with Crippen LogP contribution in [0.3, 0.4) is 0 Å². The predicted molar refractivity (Wildman–Crippen MR) is 114 cm³/mol. The first-order valence-corrected chi connectivity index (χ1v) is 9.44. The van der Waals surface area contributed by atoms with E-state index in [1.807, 2.05) is 48.5 Å². The second-order valence-electron chi connectivity index (χ2n) is 6.78. The molecule has 0 saturated heterocycles. The minimum absolute atomic E-state index is 0.201. The molecule has 0 spiro atoms. The molecule has 0 fully saturated rings. The van der Waals surface area contributed by atoms with E-state index in [1.165, 1.54) is 6.07 Å². The van der Waals surface area contributed by atoms with Crippen LogP contribution in [0.1, 0.15) is 12.0 Å². The van der Waals surface area contributed by atoms with Crippen molar-refractivity contribution in [3.05, 3.63) is 84.2 Å². The van der Waals surface area contributed by atoms with Crippen molar-refractivity contribution in [3.63, 3.8) is 0 Å². The van der Waals surface area contributed by atoms with Crippen LogP contribution in [0.15, 0.2) is 72.8 Å². The van der Waals surface area contributed by atoms with Gasteiger partial charge >= 0.3 is 0 Å². The molecule has 0 bridgehead atoms. The molecular weight excluding hydrogens is 367 g/mol. The Labute approximate surface area is 168 Å². The third-order valence-corrected chi connectivity index (χ3v) is 4.94. The Morgan fingerprint density at radius 2 is 1.72 bits per heavy atom. The van der Waals surface area contributed by atoms with Crippen LogP contribution in [0, 0.1) is 5.82 Å². The van der Waals surface area contributed by atoms with E-state index in [2.05, 4.69) is 10.3 Å². The summed E-state index contributed by atoms with van der Waals surface area (Å²) in [4.78, 5) is 15.9. The fourth-order valence-corrected chi connectivity index (χ4v) is 3.48. The number of carbonyl (C=O) groups excluding carboxylic acids is 1. The smallest absolute Gasteiger partial charge is 0.224 e. The summed E-state index contributed by atoms with van der Waals surface area (Å²) < 4.78 is 19.0. The van der Waals surface area contributed by atoms with Gasteiger partial charge in [-0.3, -0.25) is 4.79 Å². The van der Waals surface area contributed by atoms with Crippen molar-refractivity contribution in [1.29, 1.82) is 0 Å². The summed E-state index contributed by atoms with van der Waals surface area (Å²) in [6, 6.07) is 22.0. The fraction of sp³-hybridized carbons (Fsp3) is 0.125. The normalized spacial score (nSPS) is 10.8. The number of amides is 1. The monoisotopic (exact) mass is 388 g/mol. The molecule has 29 heavy (non-hydrogen) atoms. The standard InChI is InChI=1S/C24H21FN2O2/c1-29-17-12-10-16(11-13-17)24-19(18-6-2-4-8-21(18)27-24)14-15-23(28)26-22-9-5-3-7-20(22)25/h2-13,27H,14-15H2,1H3,(H,26,28). The maximum atomic E-state index is 13.8. The largest absolute Gasteiger partial charge is 0.497 e. The number of ether oxygens (including phenoxy) is 1. The van der Waals surface area contributed by atoms with Gasteiger partial charge in [-0.2, -0.15) is 0 Å². The lowest BCUT2D eigenvalue weighted by Crippen LogP contribution is -2.13. The topological polar surface area (TPSA) is 54.1 Å². The number of anilines is 1. The van der Waals surface area contributed by atoms with Crippen LogP contribution in [0.2, 0.25) is 0 Å². The molecule has 3 aromatic carbocycles. The molecule has 4 aromatic rings. The van der Waals surface area contributed by atoms with Gasteiger partial charge in [-0.1, -0.05) is 30.3 Å². The number of carbonyl (C=O) groups is 1. The SMILES string of the molecule is COc1ccc(-c2[nH]c3ccccc3c2CCC(=O)Nc2ccccc2F)cc1. The van der Waals surface area contributed by atoms with Gasteiger partial charge in [0, 0.05) is 23.0 Å². The van der Waals surface area contributed by atoms with Gasteiger partial charge in [-0.05, 0) is 60.0 Å². The first-order valence-electron chi connectivity index (χ1n) is 9.44. The average molecular weight is 388 g/mol. The van der Waals surface area contributed by atoms with Gasteiger partial charge in [0.1, 0.15) is 11.6 Å². The van der Waals surface area contributed by atoms with Crippen molar-refractivity contribution in [3.8, 4) is 17.0 Å². The number of benzene rings is 3. The molecule has 146 valence electrons. The maximum absolute atomic E-state index is 13.8. The van der Waals surface area contributed by atoms with Gasteiger partial charge in [0.05, 0.1) is 12.8 Å². The predicted octanol–water partition coefficient (Wildman–Crippen LogP) is 5.55. The molecule has 5 heteroatoms. The van der Waals surface area contributed by atoms with Crippen molar-refractivity contribution in [1.82, 2.24) is 4.98 Å². The molecule has 0 aliphatic carbocycles. The Balaban J connectivity index is 1.60. The van der Waals surface area contributed by atoms with Crippen LogP contribution >= 0.6 is 0 Å². The molecule has 0 aliphatic heterocycles. The number of H-pyrrole nitrogens is 1. The number of hydrogen-bond acceptors (Lipinski definition) is 2. The lowest BCUT2D eigenvalue weighted by atomic mass is 10.0. The van der Waals surface area contributed by atoms with Gasteiger partial charge < -0.3 is 15.0 Å². The highest BCUT2D eigenvalue weighted by atomic mass is 19.1. The van der Waals surface area contributed by atoms with Gasteiger partial charge in [-0.25, -0.2) is 4.39 Å². The molecule has 1 heterocycles. The molecular formula is C24H21FN2O2. The Hall–Kier alpha value is -3.60. The average Bonchev–Trinajstić information content (AvgIpc) is 3.12. The molecule has 4 rings (SSSR count). The fourth-order valence-electron chi connectivity index (χ4n) is 3.48. The summed E-state index contributed by atoms with van der Waals surface area (Å²) in [6.07, 6.45) is 0.783. The number of aromatic amines is 1. The molecule has 2 N–H and O–H groups in total. The third-order valence-electron chi connectivity index (χ3n) is 4.94. The van der Waals surface area contributed by atoms with Crippen molar-refractivity contribution in [2.24, 2.45) is 0 Å². The van der Waals surface area contributed by atoms with E-state index < -0.39 is 5.82 Å². The minimum Gasteiger partial charge on any atom is -0.497 e. The van der Waals surface area contributed by atoms with Gasteiger partial charge in [0.2, 0.25) is 5.91 Å². The van der Waals surface area contributed by atoms with Crippen molar-refractivity contribution >= 4 is 22.5 Å². The zero-order valence-corrected chi connectivity index (χ0v) is 16.0. The van der Waals surface area contributed by atoms with E-state index >= 15 is 0 Å². The number of aromatic nitrogens is 1. The number of rotatable bonds is 6. The van der Waals surface area contributed by atoms with E-state index in [0.29, 0.717) is 6.42 Å². The Kier molecular flexibility index (Phi) is 5.29. The quantitative estimate of drug-likeness (QED) is 0.455. The zero-order chi connectivity index (χ0) is 20.2. The number of nitrogens with one attached hydrogen (secondary N) is 2. The summed E-state index contributed by atoms with van der Waals surface area (Å²) in [7, 11) is 1.64. The lowest BCUT2D eigenvalue weighted by Gasteiger charge is -2.08. The van der Waals surface area contributed by atoms with Crippen LogP contribution in [0.25, 0.3) is 22.2 Å². The second kappa shape index (κ2) is 8.19. The molecule has 0 atom stereocenters. The molecule has 0 radical (unpaired) electrons. The summed E-state index contributed by atoms with van der Waals surface area (Å²) >= 11 is 0. The van der Waals surface area contributed by atoms with Crippen molar-refractivity contribution < 1.29 is 13.9 Å². The van der Waals surface area contributed by atoms with Crippen LogP contribution < -0.4 is 10.1 Å². The van der Waals surface area contributed by atoms with E-state index in [4.69, 9.17) is 4.74 Å². The first-order chi connectivity index (χ1) is 14.2. The molecule has 0 aliphatic rings. The summed E-state index contributed by atoms with van der Waals surface area (Å²) in [5, 5.41) is 3.73.